The lowest BCUT2D eigenvalue weighted by Crippen LogP contribution is -2.12. The van der Waals surface area contributed by atoms with Crippen molar-refractivity contribution in [2.24, 2.45) is 0 Å². The monoisotopic (exact) mass is 202 g/mol. The number of alkyl halides is 4. The van der Waals surface area contributed by atoms with Crippen LogP contribution in [0.5, 0.6) is 0 Å². The van der Waals surface area contributed by atoms with Gasteiger partial charge < -0.3 is 0 Å². The van der Waals surface area contributed by atoms with Gasteiger partial charge in [-0.05, 0) is 6.92 Å². The van der Waals surface area contributed by atoms with Gasteiger partial charge in [-0.1, -0.05) is 22.0 Å². The van der Waals surface area contributed by atoms with Crippen molar-refractivity contribution in [3.05, 3.63) is 11.6 Å². The van der Waals surface area contributed by atoms with Crippen molar-refractivity contribution in [2.75, 3.05) is 5.33 Å². The summed E-state index contributed by atoms with van der Waals surface area (Å²) in [5, 5.41) is -0.132. The predicted octanol–water partition coefficient (Wildman–Crippen LogP) is 2.89. The van der Waals surface area contributed by atoms with E-state index in [4.69, 9.17) is 0 Å². The molecule has 0 aliphatic heterocycles. The van der Waals surface area contributed by atoms with Crippen molar-refractivity contribution in [3.8, 4) is 0 Å². The first-order valence-electron chi connectivity index (χ1n) is 2.30. The standard InChI is InChI=1S/C5H6BrF3/c1-2-4(3-6)5(7,8)9/h2H,3H2,1H3. The highest BCUT2D eigenvalue weighted by atomic mass is 79.9. The van der Waals surface area contributed by atoms with Crippen LogP contribution in [0.25, 0.3) is 0 Å². The van der Waals surface area contributed by atoms with Crippen molar-refractivity contribution in [3.63, 3.8) is 0 Å². The van der Waals surface area contributed by atoms with E-state index in [0.717, 1.165) is 6.08 Å². The highest BCUT2D eigenvalue weighted by molar-refractivity contribution is 9.09. The Hall–Kier alpha value is 0.01000. The Kier molecular flexibility index (Phi) is 3.25. The molecule has 0 amide bonds. The number of rotatable bonds is 1. The van der Waals surface area contributed by atoms with E-state index in [1.807, 2.05) is 0 Å². The molecule has 0 N–H and O–H groups in total. The zero-order valence-corrected chi connectivity index (χ0v) is 6.38. The average Bonchev–Trinajstić information content (AvgIpc) is 1.65. The molecule has 0 rings (SSSR count). The molecule has 4 heteroatoms. The van der Waals surface area contributed by atoms with Gasteiger partial charge in [-0.3, -0.25) is 0 Å². The van der Waals surface area contributed by atoms with E-state index in [1.54, 1.807) is 0 Å². The Bertz CT molecular complexity index is 114. The maximum atomic E-state index is 11.6. The second kappa shape index (κ2) is 3.25. The van der Waals surface area contributed by atoms with Crippen LogP contribution in [0.4, 0.5) is 13.2 Å². The van der Waals surface area contributed by atoms with Crippen LogP contribution in [-0.4, -0.2) is 11.5 Å². The first-order chi connectivity index (χ1) is 4.02. The van der Waals surface area contributed by atoms with Crippen molar-refractivity contribution in [2.45, 2.75) is 13.1 Å². The summed E-state index contributed by atoms with van der Waals surface area (Å²) in [5.41, 5.74) is -0.539. The number of hydrogen-bond donors (Lipinski definition) is 0. The Balaban J connectivity index is 4.14. The quantitative estimate of drug-likeness (QED) is 0.454. The average molecular weight is 203 g/mol. The van der Waals surface area contributed by atoms with Crippen LogP contribution in [0.2, 0.25) is 0 Å². The van der Waals surface area contributed by atoms with Gasteiger partial charge in [0.25, 0.3) is 0 Å². The minimum Gasteiger partial charge on any atom is -0.166 e. The lowest BCUT2D eigenvalue weighted by molar-refractivity contribution is -0.0907. The molecule has 0 aromatic rings. The van der Waals surface area contributed by atoms with Gasteiger partial charge in [0.2, 0.25) is 0 Å². The molecule has 0 saturated carbocycles. The normalized spacial score (nSPS) is 14.1. The molecular formula is C5H6BrF3. The molecule has 0 aliphatic rings. The third kappa shape index (κ3) is 2.89. The summed E-state index contributed by atoms with van der Waals surface area (Å²) in [6.45, 7) is 1.37. The van der Waals surface area contributed by atoms with Gasteiger partial charge in [-0.25, -0.2) is 0 Å². The van der Waals surface area contributed by atoms with Crippen molar-refractivity contribution < 1.29 is 13.2 Å². The third-order valence-corrected chi connectivity index (χ3v) is 1.46. The lowest BCUT2D eigenvalue weighted by atomic mass is 10.3. The van der Waals surface area contributed by atoms with E-state index >= 15 is 0 Å². The first kappa shape index (κ1) is 9.01. The van der Waals surface area contributed by atoms with Crippen LogP contribution in [0.1, 0.15) is 6.92 Å². The molecular weight excluding hydrogens is 197 g/mol. The van der Waals surface area contributed by atoms with Crippen LogP contribution in [-0.2, 0) is 0 Å². The Labute approximate surface area is 59.9 Å². The fourth-order valence-electron chi connectivity index (χ4n) is 0.317. The molecule has 54 valence electrons. The molecule has 0 aromatic heterocycles. The molecule has 0 unspecified atom stereocenters. The van der Waals surface area contributed by atoms with E-state index < -0.39 is 11.7 Å². The summed E-state index contributed by atoms with van der Waals surface area (Å²) in [5.74, 6) is 0. The molecule has 0 fully saturated rings. The summed E-state index contributed by atoms with van der Waals surface area (Å²) in [7, 11) is 0. The Morgan fingerprint density at radius 3 is 2.00 bits per heavy atom. The van der Waals surface area contributed by atoms with Crippen LogP contribution < -0.4 is 0 Å². The summed E-state index contributed by atoms with van der Waals surface area (Å²) >= 11 is 2.72. The molecule has 0 atom stereocenters. The zero-order chi connectivity index (χ0) is 7.49. The molecule has 0 heterocycles. The topological polar surface area (TPSA) is 0 Å². The van der Waals surface area contributed by atoms with Gasteiger partial charge in [0, 0.05) is 10.9 Å². The van der Waals surface area contributed by atoms with Gasteiger partial charge in [0.15, 0.2) is 0 Å². The van der Waals surface area contributed by atoms with Crippen LogP contribution in [0.3, 0.4) is 0 Å². The van der Waals surface area contributed by atoms with E-state index in [0.29, 0.717) is 0 Å². The fraction of sp³-hybridized carbons (Fsp3) is 0.600. The summed E-state index contributed by atoms with van der Waals surface area (Å²) < 4.78 is 34.9. The van der Waals surface area contributed by atoms with Gasteiger partial charge >= 0.3 is 6.18 Å². The number of allylic oxidation sites excluding steroid dienone is 2. The maximum absolute atomic E-state index is 11.6. The molecule has 0 spiro atoms. The van der Waals surface area contributed by atoms with E-state index in [-0.39, 0.29) is 5.33 Å². The summed E-state index contributed by atoms with van der Waals surface area (Å²) in [4.78, 5) is 0. The van der Waals surface area contributed by atoms with E-state index in [9.17, 15) is 13.2 Å². The lowest BCUT2D eigenvalue weighted by Gasteiger charge is -2.06. The van der Waals surface area contributed by atoms with E-state index in [1.165, 1.54) is 6.92 Å². The molecule has 0 aliphatic carbocycles. The first-order valence-corrected chi connectivity index (χ1v) is 3.43. The third-order valence-electron chi connectivity index (χ3n) is 0.857. The second-order valence-electron chi connectivity index (χ2n) is 1.45. The van der Waals surface area contributed by atoms with Gasteiger partial charge in [-0.15, -0.1) is 0 Å². The van der Waals surface area contributed by atoms with E-state index in [2.05, 4.69) is 15.9 Å². The maximum Gasteiger partial charge on any atom is 0.413 e. The number of halogens is 4. The van der Waals surface area contributed by atoms with Crippen LogP contribution in [0, 0.1) is 0 Å². The van der Waals surface area contributed by atoms with Crippen molar-refractivity contribution in [1.82, 2.24) is 0 Å². The smallest absolute Gasteiger partial charge is 0.166 e. The fourth-order valence-corrected chi connectivity index (χ4v) is 0.958. The molecule has 0 nitrogen and oxygen atoms in total. The molecule has 0 radical (unpaired) electrons. The Morgan fingerprint density at radius 2 is 2.00 bits per heavy atom. The summed E-state index contributed by atoms with van der Waals surface area (Å²) in [6, 6.07) is 0. The highest BCUT2D eigenvalue weighted by Gasteiger charge is 2.31. The van der Waals surface area contributed by atoms with Crippen molar-refractivity contribution in [1.29, 1.82) is 0 Å². The van der Waals surface area contributed by atoms with Crippen LogP contribution >= 0.6 is 15.9 Å². The van der Waals surface area contributed by atoms with Gasteiger partial charge in [-0.2, -0.15) is 13.2 Å². The Morgan fingerprint density at radius 1 is 1.56 bits per heavy atom. The minimum atomic E-state index is -4.17. The molecule has 0 bridgehead atoms. The molecule has 0 aromatic carbocycles. The highest BCUT2D eigenvalue weighted by Crippen LogP contribution is 2.26. The van der Waals surface area contributed by atoms with Gasteiger partial charge in [0.05, 0.1) is 0 Å². The SMILES string of the molecule is CC=C(CBr)C(F)(F)F. The predicted molar refractivity (Wildman–Crippen MR) is 33.6 cm³/mol. The van der Waals surface area contributed by atoms with Crippen molar-refractivity contribution >= 4 is 15.9 Å². The number of hydrogen-bond acceptors (Lipinski definition) is 0. The zero-order valence-electron chi connectivity index (χ0n) is 4.80. The second-order valence-corrected chi connectivity index (χ2v) is 2.01. The largest absolute Gasteiger partial charge is 0.413 e. The van der Waals surface area contributed by atoms with Crippen LogP contribution in [0.15, 0.2) is 11.6 Å². The summed E-state index contributed by atoms with van der Waals surface area (Å²) in [6.07, 6.45) is -3.12. The van der Waals surface area contributed by atoms with Gasteiger partial charge in [0.1, 0.15) is 0 Å². The molecule has 0 saturated heterocycles. The minimum absolute atomic E-state index is 0.132. The molecule has 9 heavy (non-hydrogen) atoms.